The van der Waals surface area contributed by atoms with E-state index in [-0.39, 0.29) is 11.8 Å². The lowest BCUT2D eigenvalue weighted by Gasteiger charge is -2.19. The lowest BCUT2D eigenvalue weighted by molar-refractivity contribution is -0.132. The van der Waals surface area contributed by atoms with Gasteiger partial charge in [0.25, 0.3) is 0 Å². The Hall–Kier alpha value is -2.34. The van der Waals surface area contributed by atoms with Crippen LogP contribution in [0.3, 0.4) is 0 Å². The van der Waals surface area contributed by atoms with E-state index < -0.39 is 5.92 Å². The van der Waals surface area contributed by atoms with Crippen molar-refractivity contribution in [3.63, 3.8) is 0 Å². The summed E-state index contributed by atoms with van der Waals surface area (Å²) in [5.41, 5.74) is 2.02. The van der Waals surface area contributed by atoms with Gasteiger partial charge >= 0.3 is 0 Å². The molecular weight excluding hydrogens is 418 g/mol. The molecule has 1 aliphatic heterocycles. The number of anilines is 2. The SMILES string of the molecule is CN(CCCCNC(=O)C1CCN(c2cccc(Br)c2)C1=O)c1ccccc1. The van der Waals surface area contributed by atoms with Gasteiger partial charge in [0, 0.05) is 42.5 Å². The van der Waals surface area contributed by atoms with Crippen LogP contribution in [0.15, 0.2) is 59.1 Å². The zero-order chi connectivity index (χ0) is 19.9. The molecule has 1 atom stereocenters. The third-order valence-corrected chi connectivity index (χ3v) is 5.55. The predicted molar refractivity (Wildman–Crippen MR) is 117 cm³/mol. The highest BCUT2D eigenvalue weighted by atomic mass is 79.9. The van der Waals surface area contributed by atoms with Crippen molar-refractivity contribution in [3.8, 4) is 0 Å². The van der Waals surface area contributed by atoms with Crippen molar-refractivity contribution in [2.75, 3.05) is 36.5 Å². The van der Waals surface area contributed by atoms with E-state index in [1.165, 1.54) is 5.69 Å². The molecule has 1 saturated heterocycles. The summed E-state index contributed by atoms with van der Waals surface area (Å²) in [4.78, 5) is 29.0. The first-order chi connectivity index (χ1) is 13.6. The maximum atomic E-state index is 12.6. The van der Waals surface area contributed by atoms with Crippen LogP contribution in [0.5, 0.6) is 0 Å². The molecule has 0 saturated carbocycles. The zero-order valence-corrected chi connectivity index (χ0v) is 17.7. The van der Waals surface area contributed by atoms with Gasteiger partial charge in [-0.3, -0.25) is 9.59 Å². The minimum atomic E-state index is -0.578. The quantitative estimate of drug-likeness (QED) is 0.498. The molecule has 1 heterocycles. The lowest BCUT2D eigenvalue weighted by atomic mass is 10.1. The van der Waals surface area contributed by atoms with Crippen LogP contribution in [0.2, 0.25) is 0 Å². The summed E-state index contributed by atoms with van der Waals surface area (Å²) < 4.78 is 0.922. The molecule has 1 fully saturated rings. The maximum absolute atomic E-state index is 12.6. The Morgan fingerprint density at radius 1 is 1.18 bits per heavy atom. The average Bonchev–Trinajstić information content (AvgIpc) is 3.09. The van der Waals surface area contributed by atoms with E-state index >= 15 is 0 Å². The van der Waals surface area contributed by atoms with Crippen molar-refractivity contribution in [1.82, 2.24) is 5.32 Å². The normalized spacial score (nSPS) is 16.3. The molecule has 148 valence electrons. The number of hydrogen-bond acceptors (Lipinski definition) is 3. The Morgan fingerprint density at radius 3 is 2.71 bits per heavy atom. The summed E-state index contributed by atoms with van der Waals surface area (Å²) in [5, 5.41) is 2.94. The van der Waals surface area contributed by atoms with Gasteiger partial charge in [-0.25, -0.2) is 0 Å². The van der Waals surface area contributed by atoms with E-state index in [9.17, 15) is 9.59 Å². The predicted octanol–water partition coefficient (Wildman–Crippen LogP) is 3.83. The standard InChI is InChI=1S/C22H26BrN3O2/c1-25(18-9-3-2-4-10-18)14-6-5-13-24-21(27)20-12-15-26(22(20)28)19-11-7-8-17(23)16-19/h2-4,7-11,16,20H,5-6,12-15H2,1H3,(H,24,27). The fraction of sp³-hybridized carbons (Fsp3) is 0.364. The van der Waals surface area contributed by atoms with Crippen LogP contribution in [0.4, 0.5) is 11.4 Å². The Balaban J connectivity index is 1.40. The maximum Gasteiger partial charge on any atom is 0.239 e. The number of para-hydroxylation sites is 1. The number of benzene rings is 2. The fourth-order valence-electron chi connectivity index (χ4n) is 3.44. The van der Waals surface area contributed by atoms with Gasteiger partial charge in [-0.2, -0.15) is 0 Å². The minimum absolute atomic E-state index is 0.112. The number of carbonyl (C=O) groups is 2. The molecule has 0 aliphatic carbocycles. The van der Waals surface area contributed by atoms with Crippen LogP contribution in [-0.2, 0) is 9.59 Å². The molecule has 1 unspecified atom stereocenters. The van der Waals surface area contributed by atoms with Crippen molar-refractivity contribution in [1.29, 1.82) is 0 Å². The molecule has 0 aromatic heterocycles. The highest BCUT2D eigenvalue weighted by molar-refractivity contribution is 9.10. The zero-order valence-electron chi connectivity index (χ0n) is 16.1. The van der Waals surface area contributed by atoms with Gasteiger partial charge in [-0.15, -0.1) is 0 Å². The number of rotatable bonds is 8. The van der Waals surface area contributed by atoms with E-state index in [4.69, 9.17) is 0 Å². The van der Waals surface area contributed by atoms with Crippen LogP contribution in [0.1, 0.15) is 19.3 Å². The molecule has 5 nitrogen and oxygen atoms in total. The van der Waals surface area contributed by atoms with Crippen molar-refractivity contribution in [3.05, 3.63) is 59.1 Å². The Bertz CT molecular complexity index is 812. The van der Waals surface area contributed by atoms with E-state index in [1.807, 2.05) is 42.5 Å². The summed E-state index contributed by atoms with van der Waals surface area (Å²) in [5.74, 6) is -0.843. The van der Waals surface area contributed by atoms with Gasteiger partial charge in [-0.1, -0.05) is 40.2 Å². The Kier molecular flexibility index (Phi) is 7.09. The lowest BCUT2D eigenvalue weighted by Crippen LogP contribution is -2.37. The fourth-order valence-corrected chi connectivity index (χ4v) is 3.83. The van der Waals surface area contributed by atoms with Crippen LogP contribution in [-0.4, -0.2) is 38.5 Å². The van der Waals surface area contributed by atoms with Gasteiger partial charge in [0.05, 0.1) is 0 Å². The number of carbonyl (C=O) groups excluding carboxylic acids is 2. The number of unbranched alkanes of at least 4 members (excludes halogenated alkanes) is 1. The molecule has 1 N–H and O–H groups in total. The van der Waals surface area contributed by atoms with Gasteiger partial charge in [0.2, 0.25) is 11.8 Å². The van der Waals surface area contributed by atoms with Crippen LogP contribution >= 0.6 is 15.9 Å². The van der Waals surface area contributed by atoms with E-state index in [0.717, 1.165) is 29.5 Å². The summed E-state index contributed by atoms with van der Waals surface area (Å²) in [6.45, 7) is 2.11. The molecule has 28 heavy (non-hydrogen) atoms. The molecule has 3 rings (SSSR count). The second-order valence-corrected chi connectivity index (χ2v) is 7.98. The minimum Gasteiger partial charge on any atom is -0.375 e. The first-order valence-corrected chi connectivity index (χ1v) is 10.5. The highest BCUT2D eigenvalue weighted by Gasteiger charge is 2.37. The summed E-state index contributed by atoms with van der Waals surface area (Å²) in [6, 6.07) is 17.9. The molecule has 0 spiro atoms. The van der Waals surface area contributed by atoms with Crippen molar-refractivity contribution in [2.45, 2.75) is 19.3 Å². The van der Waals surface area contributed by atoms with Crippen molar-refractivity contribution in [2.24, 2.45) is 5.92 Å². The van der Waals surface area contributed by atoms with Crippen molar-refractivity contribution >= 4 is 39.1 Å². The Labute approximate surface area is 174 Å². The number of nitrogens with one attached hydrogen (secondary N) is 1. The highest BCUT2D eigenvalue weighted by Crippen LogP contribution is 2.27. The van der Waals surface area contributed by atoms with Gasteiger partial charge in [0.15, 0.2) is 0 Å². The molecule has 0 bridgehead atoms. The second kappa shape index (κ2) is 9.73. The molecule has 6 heteroatoms. The van der Waals surface area contributed by atoms with E-state index in [2.05, 4.69) is 45.3 Å². The Morgan fingerprint density at radius 2 is 1.96 bits per heavy atom. The second-order valence-electron chi connectivity index (χ2n) is 7.07. The molecule has 1 aliphatic rings. The third kappa shape index (κ3) is 5.13. The molecule has 2 amide bonds. The smallest absolute Gasteiger partial charge is 0.239 e. The van der Waals surface area contributed by atoms with Gasteiger partial charge < -0.3 is 15.1 Å². The monoisotopic (exact) mass is 443 g/mol. The van der Waals surface area contributed by atoms with E-state index in [0.29, 0.717) is 19.5 Å². The molecule has 2 aromatic rings. The molecular formula is C22H26BrN3O2. The topological polar surface area (TPSA) is 52.7 Å². The van der Waals surface area contributed by atoms with Crippen molar-refractivity contribution < 1.29 is 9.59 Å². The summed E-state index contributed by atoms with van der Waals surface area (Å²) in [7, 11) is 2.07. The van der Waals surface area contributed by atoms with Gasteiger partial charge in [-0.05, 0) is 49.6 Å². The summed E-state index contributed by atoms with van der Waals surface area (Å²) >= 11 is 3.43. The number of halogens is 1. The summed E-state index contributed by atoms with van der Waals surface area (Å²) in [6.07, 6.45) is 2.43. The third-order valence-electron chi connectivity index (χ3n) is 5.06. The average molecular weight is 444 g/mol. The number of amides is 2. The first kappa shape index (κ1) is 20.4. The van der Waals surface area contributed by atoms with E-state index in [1.54, 1.807) is 4.90 Å². The van der Waals surface area contributed by atoms with Crippen LogP contribution in [0, 0.1) is 5.92 Å². The molecule has 2 aromatic carbocycles. The number of nitrogens with zero attached hydrogens (tertiary/aromatic N) is 2. The van der Waals surface area contributed by atoms with Crippen LogP contribution in [0.25, 0.3) is 0 Å². The first-order valence-electron chi connectivity index (χ1n) is 9.67. The molecule has 0 radical (unpaired) electrons. The van der Waals surface area contributed by atoms with Crippen LogP contribution < -0.4 is 15.1 Å². The number of hydrogen-bond donors (Lipinski definition) is 1. The largest absolute Gasteiger partial charge is 0.375 e. The van der Waals surface area contributed by atoms with Gasteiger partial charge in [0.1, 0.15) is 5.92 Å².